The van der Waals surface area contributed by atoms with E-state index in [-0.39, 0.29) is 5.60 Å². The molecule has 0 aromatic heterocycles. The summed E-state index contributed by atoms with van der Waals surface area (Å²) in [5.41, 5.74) is 2.06. The first-order valence-corrected chi connectivity index (χ1v) is 11.0. The summed E-state index contributed by atoms with van der Waals surface area (Å²) in [6, 6.07) is 16.4. The van der Waals surface area contributed by atoms with Crippen molar-refractivity contribution in [1.82, 2.24) is 10.6 Å². The molecule has 2 aromatic rings. The van der Waals surface area contributed by atoms with Gasteiger partial charge in [-0.3, -0.25) is 4.99 Å². The van der Waals surface area contributed by atoms with Crippen LogP contribution in [-0.4, -0.2) is 45.4 Å². The van der Waals surface area contributed by atoms with Crippen LogP contribution in [0.25, 0.3) is 0 Å². The fraction of sp³-hybridized carbons (Fsp3) is 0.480. The highest BCUT2D eigenvalue weighted by Gasteiger charge is 2.24. The van der Waals surface area contributed by atoms with E-state index in [1.807, 2.05) is 37.4 Å². The Bertz CT molecular complexity index is 876. The predicted octanol–water partition coefficient (Wildman–Crippen LogP) is 4.06. The monoisotopic (exact) mass is 424 g/mol. The number of anilines is 1. The molecule has 6 heteroatoms. The van der Waals surface area contributed by atoms with Gasteiger partial charge in [-0.15, -0.1) is 0 Å². The van der Waals surface area contributed by atoms with Gasteiger partial charge in [0.2, 0.25) is 0 Å². The van der Waals surface area contributed by atoms with Crippen LogP contribution >= 0.6 is 0 Å². The van der Waals surface area contributed by atoms with Crippen LogP contribution in [0.5, 0.6) is 11.5 Å². The van der Waals surface area contributed by atoms with Crippen LogP contribution in [-0.2, 0) is 6.54 Å². The second-order valence-electron chi connectivity index (χ2n) is 8.90. The summed E-state index contributed by atoms with van der Waals surface area (Å²) in [4.78, 5) is 6.80. The molecule has 2 aromatic carbocycles. The van der Waals surface area contributed by atoms with Crippen LogP contribution < -0.4 is 25.0 Å². The number of benzene rings is 2. The molecule has 1 atom stereocenters. The highest BCUT2D eigenvalue weighted by molar-refractivity contribution is 5.79. The van der Waals surface area contributed by atoms with Gasteiger partial charge >= 0.3 is 0 Å². The van der Waals surface area contributed by atoms with Crippen molar-refractivity contribution in [3.63, 3.8) is 0 Å². The molecule has 2 N–H and O–H groups in total. The zero-order valence-corrected chi connectivity index (χ0v) is 19.4. The number of hydrogen-bond acceptors (Lipinski definition) is 4. The zero-order chi connectivity index (χ0) is 22.3. The summed E-state index contributed by atoms with van der Waals surface area (Å²) < 4.78 is 11.6. The Morgan fingerprint density at radius 2 is 1.77 bits per heavy atom. The van der Waals surface area contributed by atoms with Crippen molar-refractivity contribution in [3.05, 3.63) is 54.1 Å². The molecule has 1 fully saturated rings. The molecule has 1 saturated heterocycles. The van der Waals surface area contributed by atoms with Gasteiger partial charge in [-0.1, -0.05) is 30.3 Å². The SMILES string of the molecule is CN=C(NCc1ccccc1OC(C)(C)C)NCC1CCN(c2ccccc2OC)C1. The fourth-order valence-electron chi connectivity index (χ4n) is 3.83. The Kier molecular flexibility index (Phi) is 7.66. The molecule has 0 bridgehead atoms. The van der Waals surface area contributed by atoms with Crippen LogP contribution in [0.1, 0.15) is 32.8 Å². The van der Waals surface area contributed by atoms with E-state index >= 15 is 0 Å². The van der Waals surface area contributed by atoms with Crippen LogP contribution in [0.2, 0.25) is 0 Å². The van der Waals surface area contributed by atoms with Crippen LogP contribution in [0, 0.1) is 5.92 Å². The van der Waals surface area contributed by atoms with Gasteiger partial charge in [-0.05, 0) is 51.3 Å². The lowest BCUT2D eigenvalue weighted by Crippen LogP contribution is -2.40. The largest absolute Gasteiger partial charge is 0.495 e. The van der Waals surface area contributed by atoms with Gasteiger partial charge in [0, 0.05) is 38.8 Å². The third-order valence-corrected chi connectivity index (χ3v) is 5.33. The van der Waals surface area contributed by atoms with E-state index in [1.165, 1.54) is 5.69 Å². The molecule has 3 rings (SSSR count). The van der Waals surface area contributed by atoms with E-state index in [0.717, 1.165) is 49.1 Å². The smallest absolute Gasteiger partial charge is 0.191 e. The van der Waals surface area contributed by atoms with Gasteiger partial charge in [-0.2, -0.15) is 0 Å². The van der Waals surface area contributed by atoms with Gasteiger partial charge < -0.3 is 25.0 Å². The van der Waals surface area contributed by atoms with Gasteiger partial charge in [0.1, 0.15) is 17.1 Å². The van der Waals surface area contributed by atoms with Crippen LogP contribution in [0.15, 0.2) is 53.5 Å². The van der Waals surface area contributed by atoms with Crippen molar-refractivity contribution in [3.8, 4) is 11.5 Å². The topological polar surface area (TPSA) is 58.1 Å². The number of hydrogen-bond donors (Lipinski definition) is 2. The average Bonchev–Trinajstić information content (AvgIpc) is 3.22. The molecular weight excluding hydrogens is 388 g/mol. The molecule has 0 spiro atoms. The summed E-state index contributed by atoms with van der Waals surface area (Å²) in [5.74, 6) is 3.20. The van der Waals surface area contributed by atoms with Crippen molar-refractivity contribution in [2.45, 2.75) is 39.3 Å². The Morgan fingerprint density at radius 1 is 1.06 bits per heavy atom. The second kappa shape index (κ2) is 10.4. The Labute approximate surface area is 186 Å². The first kappa shape index (κ1) is 22.8. The summed E-state index contributed by atoms with van der Waals surface area (Å²) in [5, 5.41) is 6.91. The maximum atomic E-state index is 6.10. The first-order valence-electron chi connectivity index (χ1n) is 11.0. The molecule has 0 aliphatic carbocycles. The normalized spacial score (nSPS) is 16.9. The Hall–Kier alpha value is -2.89. The minimum absolute atomic E-state index is 0.230. The van der Waals surface area contributed by atoms with Gasteiger partial charge in [0.15, 0.2) is 5.96 Å². The van der Waals surface area contributed by atoms with E-state index < -0.39 is 0 Å². The molecule has 31 heavy (non-hydrogen) atoms. The highest BCUT2D eigenvalue weighted by Crippen LogP contribution is 2.31. The molecule has 0 amide bonds. The lowest BCUT2D eigenvalue weighted by Gasteiger charge is -2.24. The second-order valence-corrected chi connectivity index (χ2v) is 8.90. The number of nitrogens with zero attached hydrogens (tertiary/aromatic N) is 2. The van der Waals surface area contributed by atoms with E-state index in [0.29, 0.717) is 12.5 Å². The van der Waals surface area contributed by atoms with Crippen molar-refractivity contribution in [1.29, 1.82) is 0 Å². The van der Waals surface area contributed by atoms with E-state index in [4.69, 9.17) is 9.47 Å². The highest BCUT2D eigenvalue weighted by atomic mass is 16.5. The number of ether oxygens (including phenoxy) is 2. The zero-order valence-electron chi connectivity index (χ0n) is 19.4. The average molecular weight is 425 g/mol. The predicted molar refractivity (Wildman–Crippen MR) is 128 cm³/mol. The molecule has 0 radical (unpaired) electrons. The van der Waals surface area contributed by atoms with Crippen LogP contribution in [0.4, 0.5) is 5.69 Å². The molecule has 1 heterocycles. The summed E-state index contributed by atoms with van der Waals surface area (Å²) in [6.07, 6.45) is 1.14. The molecule has 1 unspecified atom stereocenters. The van der Waals surface area contributed by atoms with E-state index in [2.05, 4.69) is 59.5 Å². The summed E-state index contributed by atoms with van der Waals surface area (Å²) >= 11 is 0. The third kappa shape index (κ3) is 6.54. The number of aliphatic imine (C=N–C) groups is 1. The Morgan fingerprint density at radius 3 is 2.48 bits per heavy atom. The summed E-state index contributed by atoms with van der Waals surface area (Å²) in [6.45, 7) is 9.77. The number of para-hydroxylation sites is 3. The maximum Gasteiger partial charge on any atom is 0.191 e. The van der Waals surface area contributed by atoms with Gasteiger partial charge in [-0.25, -0.2) is 0 Å². The fourth-order valence-corrected chi connectivity index (χ4v) is 3.83. The third-order valence-electron chi connectivity index (χ3n) is 5.33. The minimum atomic E-state index is -0.230. The first-order chi connectivity index (χ1) is 14.9. The standard InChI is InChI=1S/C25H36N4O2/c1-25(2,3)31-22-12-8-6-10-20(22)17-28-24(26-4)27-16-19-14-15-29(18-19)21-11-7-9-13-23(21)30-5/h6-13,19H,14-18H2,1-5H3,(H2,26,27,28). The lowest BCUT2D eigenvalue weighted by molar-refractivity contribution is 0.129. The van der Waals surface area contributed by atoms with Crippen molar-refractivity contribution >= 4 is 11.6 Å². The van der Waals surface area contributed by atoms with E-state index in [9.17, 15) is 0 Å². The van der Waals surface area contributed by atoms with Crippen molar-refractivity contribution < 1.29 is 9.47 Å². The lowest BCUT2D eigenvalue weighted by atomic mass is 10.1. The minimum Gasteiger partial charge on any atom is -0.495 e. The molecule has 1 aliphatic heterocycles. The number of methoxy groups -OCH3 is 1. The molecule has 168 valence electrons. The number of guanidine groups is 1. The molecule has 0 saturated carbocycles. The quantitative estimate of drug-likeness (QED) is 0.518. The Balaban J connectivity index is 1.51. The summed E-state index contributed by atoms with van der Waals surface area (Å²) in [7, 11) is 3.54. The maximum absolute atomic E-state index is 6.10. The molecular formula is C25H36N4O2. The number of rotatable bonds is 7. The van der Waals surface area contributed by atoms with Gasteiger partial charge in [0.25, 0.3) is 0 Å². The van der Waals surface area contributed by atoms with Gasteiger partial charge in [0.05, 0.1) is 12.8 Å². The number of nitrogens with one attached hydrogen (secondary N) is 2. The molecule has 1 aliphatic rings. The van der Waals surface area contributed by atoms with Crippen LogP contribution in [0.3, 0.4) is 0 Å². The van der Waals surface area contributed by atoms with Crippen molar-refractivity contribution in [2.75, 3.05) is 38.7 Å². The van der Waals surface area contributed by atoms with Crippen molar-refractivity contribution in [2.24, 2.45) is 10.9 Å². The van der Waals surface area contributed by atoms with E-state index in [1.54, 1.807) is 7.11 Å². The molecule has 6 nitrogen and oxygen atoms in total.